The number of rotatable bonds is 5. The van der Waals surface area contributed by atoms with Crippen LogP contribution in [-0.4, -0.2) is 17.4 Å². The molecule has 0 aromatic carbocycles. The van der Waals surface area contributed by atoms with Gasteiger partial charge in [-0.3, -0.25) is 4.79 Å². The molecule has 0 aliphatic heterocycles. The maximum atomic E-state index is 11.9. The average molecular weight is 233 g/mol. The number of pyridine rings is 1. The Bertz CT molecular complexity index is 413. The molecule has 0 radical (unpaired) electrons. The van der Waals surface area contributed by atoms with Gasteiger partial charge in [0.2, 0.25) is 0 Å². The molecule has 3 N–H and O–H groups in total. The number of carbonyl (C=O) groups is 1. The summed E-state index contributed by atoms with van der Waals surface area (Å²) in [7, 11) is 0. The minimum Gasteiger partial charge on any atom is -0.384 e. The molecule has 1 aromatic rings. The molecule has 1 aliphatic rings. The SMILES string of the molecule is CCc1cc(C(=O)NCCC2CC2)cc(N)n1. The number of nitrogens with zero attached hydrogens (tertiary/aromatic N) is 1. The minimum atomic E-state index is -0.0468. The first-order valence-corrected chi connectivity index (χ1v) is 6.23. The topological polar surface area (TPSA) is 68.0 Å². The van der Waals surface area contributed by atoms with Crippen LogP contribution in [0.5, 0.6) is 0 Å². The predicted molar refractivity (Wildman–Crippen MR) is 67.7 cm³/mol. The zero-order chi connectivity index (χ0) is 12.3. The van der Waals surface area contributed by atoms with Crippen molar-refractivity contribution in [2.45, 2.75) is 32.6 Å². The Hall–Kier alpha value is -1.58. The number of nitrogens with one attached hydrogen (secondary N) is 1. The van der Waals surface area contributed by atoms with Gasteiger partial charge in [-0.2, -0.15) is 0 Å². The highest BCUT2D eigenvalue weighted by Crippen LogP contribution is 2.31. The lowest BCUT2D eigenvalue weighted by molar-refractivity contribution is 0.0952. The highest BCUT2D eigenvalue weighted by molar-refractivity contribution is 5.94. The van der Waals surface area contributed by atoms with Crippen molar-refractivity contribution in [1.82, 2.24) is 10.3 Å². The zero-order valence-corrected chi connectivity index (χ0v) is 10.2. The van der Waals surface area contributed by atoms with Gasteiger partial charge in [0, 0.05) is 17.8 Å². The monoisotopic (exact) mass is 233 g/mol. The summed E-state index contributed by atoms with van der Waals surface area (Å²) in [6, 6.07) is 3.44. The van der Waals surface area contributed by atoms with Crippen molar-refractivity contribution in [1.29, 1.82) is 0 Å². The molecule has 0 bridgehead atoms. The number of carbonyl (C=O) groups excluding carboxylic acids is 1. The number of nitrogens with two attached hydrogens (primary N) is 1. The number of aromatic nitrogens is 1. The fourth-order valence-corrected chi connectivity index (χ4v) is 1.82. The largest absolute Gasteiger partial charge is 0.384 e. The molecule has 1 aliphatic carbocycles. The fourth-order valence-electron chi connectivity index (χ4n) is 1.82. The Kier molecular flexibility index (Phi) is 3.61. The van der Waals surface area contributed by atoms with Crippen LogP contribution in [0.3, 0.4) is 0 Å². The minimum absolute atomic E-state index is 0.0468. The summed E-state index contributed by atoms with van der Waals surface area (Å²) in [5.41, 5.74) is 7.14. The molecule has 17 heavy (non-hydrogen) atoms. The molecule has 1 aromatic heterocycles. The quantitative estimate of drug-likeness (QED) is 0.814. The third-order valence-corrected chi connectivity index (χ3v) is 3.06. The summed E-state index contributed by atoms with van der Waals surface area (Å²) in [5.74, 6) is 1.20. The summed E-state index contributed by atoms with van der Waals surface area (Å²) in [4.78, 5) is 16.0. The Morgan fingerprint density at radius 1 is 1.53 bits per heavy atom. The van der Waals surface area contributed by atoms with Gasteiger partial charge >= 0.3 is 0 Å². The second-order valence-electron chi connectivity index (χ2n) is 4.61. The van der Waals surface area contributed by atoms with E-state index in [0.717, 1.165) is 31.0 Å². The van der Waals surface area contributed by atoms with Gasteiger partial charge in [0.15, 0.2) is 0 Å². The van der Waals surface area contributed by atoms with Gasteiger partial charge in [-0.25, -0.2) is 4.98 Å². The number of anilines is 1. The molecule has 2 rings (SSSR count). The van der Waals surface area contributed by atoms with Gasteiger partial charge in [-0.1, -0.05) is 19.8 Å². The molecule has 1 saturated carbocycles. The number of nitrogen functional groups attached to an aromatic ring is 1. The van der Waals surface area contributed by atoms with Crippen LogP contribution in [0.15, 0.2) is 12.1 Å². The smallest absolute Gasteiger partial charge is 0.251 e. The number of hydrogen-bond acceptors (Lipinski definition) is 3. The van der Waals surface area contributed by atoms with Crippen molar-refractivity contribution in [3.05, 3.63) is 23.4 Å². The van der Waals surface area contributed by atoms with Crippen LogP contribution in [0, 0.1) is 5.92 Å². The summed E-state index contributed by atoms with van der Waals surface area (Å²) in [6.45, 7) is 2.75. The molecule has 0 spiro atoms. The molecule has 1 heterocycles. The highest BCUT2D eigenvalue weighted by Gasteiger charge is 2.20. The van der Waals surface area contributed by atoms with E-state index in [9.17, 15) is 4.79 Å². The van der Waals surface area contributed by atoms with Crippen LogP contribution < -0.4 is 11.1 Å². The predicted octanol–water partition coefficient (Wildman–Crippen LogP) is 1.76. The first kappa shape index (κ1) is 11.9. The van der Waals surface area contributed by atoms with E-state index < -0.39 is 0 Å². The molecule has 4 nitrogen and oxygen atoms in total. The normalized spacial score (nSPS) is 14.6. The molecule has 0 atom stereocenters. The fraction of sp³-hybridized carbons (Fsp3) is 0.538. The summed E-state index contributed by atoms with van der Waals surface area (Å²) in [6.07, 6.45) is 4.51. The van der Waals surface area contributed by atoms with Crippen molar-refractivity contribution >= 4 is 11.7 Å². The van der Waals surface area contributed by atoms with Crippen LogP contribution in [0.25, 0.3) is 0 Å². The summed E-state index contributed by atoms with van der Waals surface area (Å²) in [5, 5.41) is 2.93. The number of aryl methyl sites for hydroxylation is 1. The van der Waals surface area contributed by atoms with Crippen LogP contribution in [-0.2, 0) is 6.42 Å². The standard InChI is InChI=1S/C13H19N3O/c1-2-11-7-10(8-12(14)16-11)13(17)15-6-5-9-3-4-9/h7-9H,2-6H2,1H3,(H2,14,16)(H,15,17). The van der Waals surface area contributed by atoms with E-state index in [1.807, 2.05) is 13.0 Å². The molecule has 0 saturated heterocycles. The maximum absolute atomic E-state index is 11.9. The van der Waals surface area contributed by atoms with E-state index in [1.165, 1.54) is 12.8 Å². The Morgan fingerprint density at radius 3 is 2.94 bits per heavy atom. The Balaban J connectivity index is 1.94. The van der Waals surface area contributed by atoms with Gasteiger partial charge in [0.1, 0.15) is 5.82 Å². The second-order valence-corrected chi connectivity index (χ2v) is 4.61. The first-order valence-electron chi connectivity index (χ1n) is 6.23. The third kappa shape index (κ3) is 3.44. The van der Waals surface area contributed by atoms with E-state index in [-0.39, 0.29) is 5.91 Å². The van der Waals surface area contributed by atoms with Crippen molar-refractivity contribution in [3.8, 4) is 0 Å². The maximum Gasteiger partial charge on any atom is 0.251 e. The first-order chi connectivity index (χ1) is 8.19. The van der Waals surface area contributed by atoms with E-state index in [0.29, 0.717) is 11.4 Å². The van der Waals surface area contributed by atoms with Crippen LogP contribution in [0.4, 0.5) is 5.82 Å². The molecule has 4 heteroatoms. The van der Waals surface area contributed by atoms with E-state index in [4.69, 9.17) is 5.73 Å². The van der Waals surface area contributed by atoms with Gasteiger partial charge < -0.3 is 11.1 Å². The molecule has 0 unspecified atom stereocenters. The van der Waals surface area contributed by atoms with Crippen LogP contribution >= 0.6 is 0 Å². The molecule has 1 fully saturated rings. The molecular weight excluding hydrogens is 214 g/mol. The Morgan fingerprint density at radius 2 is 2.29 bits per heavy atom. The van der Waals surface area contributed by atoms with Crippen molar-refractivity contribution in [2.75, 3.05) is 12.3 Å². The van der Waals surface area contributed by atoms with Gasteiger partial charge in [0.05, 0.1) is 0 Å². The summed E-state index contributed by atoms with van der Waals surface area (Å²) >= 11 is 0. The molecule has 92 valence electrons. The van der Waals surface area contributed by atoms with E-state index >= 15 is 0 Å². The Labute approximate surface area is 102 Å². The lowest BCUT2D eigenvalue weighted by Gasteiger charge is -2.06. The number of hydrogen-bond donors (Lipinski definition) is 2. The third-order valence-electron chi connectivity index (χ3n) is 3.06. The van der Waals surface area contributed by atoms with E-state index in [1.54, 1.807) is 6.07 Å². The van der Waals surface area contributed by atoms with Gasteiger partial charge in [0.25, 0.3) is 5.91 Å². The van der Waals surface area contributed by atoms with Crippen molar-refractivity contribution in [3.63, 3.8) is 0 Å². The number of amides is 1. The molecular formula is C13H19N3O. The van der Waals surface area contributed by atoms with Crippen molar-refractivity contribution in [2.24, 2.45) is 5.92 Å². The van der Waals surface area contributed by atoms with Crippen LogP contribution in [0.1, 0.15) is 42.2 Å². The molecule has 1 amide bonds. The van der Waals surface area contributed by atoms with Gasteiger partial charge in [-0.05, 0) is 30.9 Å². The second kappa shape index (κ2) is 5.17. The van der Waals surface area contributed by atoms with E-state index in [2.05, 4.69) is 10.3 Å². The van der Waals surface area contributed by atoms with Crippen LogP contribution in [0.2, 0.25) is 0 Å². The lowest BCUT2D eigenvalue weighted by Crippen LogP contribution is -2.25. The average Bonchev–Trinajstić information content (AvgIpc) is 3.12. The van der Waals surface area contributed by atoms with Crippen molar-refractivity contribution < 1.29 is 4.79 Å². The summed E-state index contributed by atoms with van der Waals surface area (Å²) < 4.78 is 0. The highest BCUT2D eigenvalue weighted by atomic mass is 16.1. The zero-order valence-electron chi connectivity index (χ0n) is 10.2. The van der Waals surface area contributed by atoms with Gasteiger partial charge in [-0.15, -0.1) is 0 Å². The lowest BCUT2D eigenvalue weighted by atomic mass is 10.2.